The van der Waals surface area contributed by atoms with E-state index in [1.165, 1.54) is 42.6 Å². The average Bonchev–Trinajstić information content (AvgIpc) is 2.63. The largest absolute Gasteiger partial charge is 0.329 e. The van der Waals surface area contributed by atoms with Crippen molar-refractivity contribution in [2.24, 2.45) is 5.10 Å². The SMILES string of the molecule is O=C(CNC(=O)Nc1ccc([N+](=O)[O-])cc1Cl)N/N=C/c1ccc(F)cc1. The average molecular weight is 394 g/mol. The van der Waals surface area contributed by atoms with Gasteiger partial charge in [-0.05, 0) is 23.8 Å². The van der Waals surface area contributed by atoms with Crippen molar-refractivity contribution in [1.82, 2.24) is 10.7 Å². The molecular formula is C16H13ClFN5O4. The molecule has 0 saturated heterocycles. The van der Waals surface area contributed by atoms with E-state index in [1.807, 2.05) is 0 Å². The second-order valence-electron chi connectivity index (χ2n) is 5.07. The number of rotatable bonds is 6. The Morgan fingerprint density at radius 1 is 1.22 bits per heavy atom. The fourth-order valence-corrected chi connectivity index (χ4v) is 2.04. The highest BCUT2D eigenvalue weighted by atomic mass is 35.5. The zero-order valence-electron chi connectivity index (χ0n) is 13.6. The molecule has 27 heavy (non-hydrogen) atoms. The normalized spacial score (nSPS) is 10.4. The zero-order chi connectivity index (χ0) is 19.8. The molecule has 9 nitrogen and oxygen atoms in total. The summed E-state index contributed by atoms with van der Waals surface area (Å²) in [6, 6.07) is 8.26. The van der Waals surface area contributed by atoms with Crippen LogP contribution in [0, 0.1) is 15.9 Å². The van der Waals surface area contributed by atoms with Gasteiger partial charge in [-0.2, -0.15) is 5.10 Å². The van der Waals surface area contributed by atoms with Gasteiger partial charge in [0.2, 0.25) is 0 Å². The van der Waals surface area contributed by atoms with Crippen LogP contribution in [0.1, 0.15) is 5.56 Å². The van der Waals surface area contributed by atoms with Crippen LogP contribution in [-0.4, -0.2) is 29.6 Å². The molecule has 0 radical (unpaired) electrons. The van der Waals surface area contributed by atoms with E-state index in [-0.39, 0.29) is 28.8 Å². The first-order chi connectivity index (χ1) is 12.8. The van der Waals surface area contributed by atoms with Crippen LogP contribution in [0.5, 0.6) is 0 Å². The van der Waals surface area contributed by atoms with E-state index >= 15 is 0 Å². The Morgan fingerprint density at radius 2 is 1.93 bits per heavy atom. The van der Waals surface area contributed by atoms with Crippen LogP contribution in [0.25, 0.3) is 0 Å². The molecule has 2 aromatic rings. The number of hydrogen-bond donors (Lipinski definition) is 3. The van der Waals surface area contributed by atoms with E-state index < -0.39 is 16.9 Å². The number of nitro benzene ring substituents is 1. The zero-order valence-corrected chi connectivity index (χ0v) is 14.4. The van der Waals surface area contributed by atoms with E-state index in [2.05, 4.69) is 21.2 Å². The molecular weight excluding hydrogens is 381 g/mol. The van der Waals surface area contributed by atoms with Crippen molar-refractivity contribution in [3.05, 3.63) is 69.0 Å². The maximum absolute atomic E-state index is 12.8. The molecule has 0 aliphatic carbocycles. The highest BCUT2D eigenvalue weighted by molar-refractivity contribution is 6.33. The molecule has 2 rings (SSSR count). The molecule has 3 N–H and O–H groups in total. The number of non-ortho nitro benzene ring substituents is 1. The summed E-state index contributed by atoms with van der Waals surface area (Å²) in [5.74, 6) is -0.988. The van der Waals surface area contributed by atoms with E-state index in [9.17, 15) is 24.1 Å². The molecule has 140 valence electrons. The lowest BCUT2D eigenvalue weighted by Crippen LogP contribution is -2.37. The van der Waals surface area contributed by atoms with Crippen LogP contribution < -0.4 is 16.1 Å². The molecule has 3 amide bonds. The lowest BCUT2D eigenvalue weighted by atomic mass is 10.2. The fourth-order valence-electron chi connectivity index (χ4n) is 1.81. The molecule has 0 aliphatic rings. The van der Waals surface area contributed by atoms with Gasteiger partial charge in [0.1, 0.15) is 12.4 Å². The predicted molar refractivity (Wildman–Crippen MR) is 97.3 cm³/mol. The van der Waals surface area contributed by atoms with E-state index in [0.717, 1.165) is 6.07 Å². The van der Waals surface area contributed by atoms with Crippen molar-refractivity contribution in [2.45, 2.75) is 0 Å². The van der Waals surface area contributed by atoms with Crippen LogP contribution in [0.15, 0.2) is 47.6 Å². The Hall–Kier alpha value is -3.53. The van der Waals surface area contributed by atoms with Gasteiger partial charge in [0.05, 0.1) is 21.8 Å². The summed E-state index contributed by atoms with van der Waals surface area (Å²) in [7, 11) is 0. The number of nitrogens with zero attached hydrogens (tertiary/aromatic N) is 2. The molecule has 0 unspecified atom stereocenters. The maximum Gasteiger partial charge on any atom is 0.319 e. The summed E-state index contributed by atoms with van der Waals surface area (Å²) >= 11 is 5.85. The first kappa shape index (κ1) is 19.8. The lowest BCUT2D eigenvalue weighted by Gasteiger charge is -2.08. The maximum atomic E-state index is 12.8. The first-order valence-corrected chi connectivity index (χ1v) is 7.79. The highest BCUT2D eigenvalue weighted by Gasteiger charge is 2.12. The molecule has 11 heteroatoms. The Kier molecular flexibility index (Phi) is 6.78. The van der Waals surface area contributed by atoms with Crippen LogP contribution in [0.4, 0.5) is 20.6 Å². The predicted octanol–water partition coefficient (Wildman–Crippen LogP) is 2.66. The van der Waals surface area contributed by atoms with Gasteiger partial charge < -0.3 is 10.6 Å². The van der Waals surface area contributed by atoms with Gasteiger partial charge in [-0.1, -0.05) is 23.7 Å². The van der Waals surface area contributed by atoms with Crippen molar-refractivity contribution in [1.29, 1.82) is 0 Å². The second kappa shape index (κ2) is 9.25. The summed E-state index contributed by atoms with van der Waals surface area (Å²) in [6.07, 6.45) is 1.31. The van der Waals surface area contributed by atoms with Crippen LogP contribution >= 0.6 is 11.6 Å². The van der Waals surface area contributed by atoms with Gasteiger partial charge in [0, 0.05) is 12.1 Å². The Morgan fingerprint density at radius 3 is 2.56 bits per heavy atom. The van der Waals surface area contributed by atoms with E-state index in [4.69, 9.17) is 11.6 Å². The van der Waals surface area contributed by atoms with Crippen molar-refractivity contribution in [2.75, 3.05) is 11.9 Å². The van der Waals surface area contributed by atoms with Crippen molar-refractivity contribution in [3.63, 3.8) is 0 Å². The Balaban J connectivity index is 1.78. The molecule has 0 saturated carbocycles. The molecule has 0 bridgehead atoms. The number of carbonyl (C=O) groups excluding carboxylic acids is 2. The van der Waals surface area contributed by atoms with Gasteiger partial charge in [-0.3, -0.25) is 14.9 Å². The summed E-state index contributed by atoms with van der Waals surface area (Å²) in [5.41, 5.74) is 2.70. The van der Waals surface area contributed by atoms with Crippen LogP contribution in [-0.2, 0) is 4.79 Å². The number of nitrogens with one attached hydrogen (secondary N) is 3. The number of carbonyl (C=O) groups is 2. The smallest absolute Gasteiger partial charge is 0.319 e. The summed E-state index contributed by atoms with van der Waals surface area (Å²) in [6.45, 7) is -0.378. The number of halogens is 2. The third-order valence-corrected chi connectivity index (χ3v) is 3.41. The quantitative estimate of drug-likeness (QED) is 0.396. The number of hydrazone groups is 1. The Bertz CT molecular complexity index is 889. The fraction of sp³-hybridized carbons (Fsp3) is 0.0625. The molecule has 0 heterocycles. The topological polar surface area (TPSA) is 126 Å². The number of urea groups is 1. The van der Waals surface area contributed by atoms with E-state index in [1.54, 1.807) is 0 Å². The summed E-state index contributed by atoms with van der Waals surface area (Å²) in [4.78, 5) is 33.4. The van der Waals surface area contributed by atoms with Crippen molar-refractivity contribution < 1.29 is 18.9 Å². The monoisotopic (exact) mass is 393 g/mol. The molecule has 0 atom stereocenters. The number of benzene rings is 2. The van der Waals surface area contributed by atoms with Gasteiger partial charge in [0.25, 0.3) is 11.6 Å². The molecule has 0 aromatic heterocycles. The summed E-state index contributed by atoms with van der Waals surface area (Å²) < 4.78 is 12.8. The third-order valence-electron chi connectivity index (χ3n) is 3.09. The van der Waals surface area contributed by atoms with Gasteiger partial charge in [0.15, 0.2) is 0 Å². The van der Waals surface area contributed by atoms with Gasteiger partial charge >= 0.3 is 6.03 Å². The minimum absolute atomic E-state index is 0.0206. The van der Waals surface area contributed by atoms with Crippen molar-refractivity contribution >= 4 is 41.1 Å². The highest BCUT2D eigenvalue weighted by Crippen LogP contribution is 2.26. The number of nitro groups is 1. The standard InChI is InChI=1S/C16H13ClFN5O4/c17-13-7-12(23(26)27)5-6-14(13)21-16(25)19-9-15(24)22-20-8-10-1-3-11(18)4-2-10/h1-8H,9H2,(H,22,24)(H2,19,21,25)/b20-8+. The summed E-state index contributed by atoms with van der Waals surface area (Å²) in [5, 5.41) is 18.9. The van der Waals surface area contributed by atoms with E-state index in [0.29, 0.717) is 5.56 Å². The van der Waals surface area contributed by atoms with Crippen LogP contribution in [0.3, 0.4) is 0 Å². The second-order valence-corrected chi connectivity index (χ2v) is 5.48. The first-order valence-electron chi connectivity index (χ1n) is 7.41. The third kappa shape index (κ3) is 6.36. The molecule has 0 fully saturated rings. The number of hydrogen-bond acceptors (Lipinski definition) is 5. The molecule has 0 spiro atoms. The molecule has 2 aromatic carbocycles. The van der Waals surface area contributed by atoms with Gasteiger partial charge in [-0.15, -0.1) is 0 Å². The van der Waals surface area contributed by atoms with Crippen molar-refractivity contribution in [3.8, 4) is 0 Å². The number of anilines is 1. The molecule has 0 aliphatic heterocycles. The number of amides is 3. The lowest BCUT2D eigenvalue weighted by molar-refractivity contribution is -0.384. The minimum atomic E-state index is -0.733. The Labute approximate surface area is 157 Å². The van der Waals surface area contributed by atoms with Gasteiger partial charge in [-0.25, -0.2) is 14.6 Å². The minimum Gasteiger partial charge on any atom is -0.329 e. The van der Waals surface area contributed by atoms with Crippen LogP contribution in [0.2, 0.25) is 5.02 Å².